The van der Waals surface area contributed by atoms with Crippen molar-refractivity contribution in [1.29, 1.82) is 0 Å². The predicted molar refractivity (Wildman–Crippen MR) is 65.4 cm³/mol. The molecule has 3 heteroatoms. The van der Waals surface area contributed by atoms with E-state index in [1.807, 2.05) is 0 Å². The summed E-state index contributed by atoms with van der Waals surface area (Å²) in [4.78, 5) is 13.5. The summed E-state index contributed by atoms with van der Waals surface area (Å²) in [7, 11) is 2.17. The van der Waals surface area contributed by atoms with Crippen molar-refractivity contribution in [3.63, 3.8) is 0 Å². The van der Waals surface area contributed by atoms with Crippen LogP contribution in [0.3, 0.4) is 0 Å². The van der Waals surface area contributed by atoms with Crippen LogP contribution in [0.25, 0.3) is 0 Å². The van der Waals surface area contributed by atoms with Crippen LogP contribution in [-0.4, -0.2) is 42.0 Å². The zero-order valence-electron chi connectivity index (χ0n) is 10.5. The van der Waals surface area contributed by atoms with Gasteiger partial charge in [0.15, 0.2) is 0 Å². The predicted octanol–water partition coefficient (Wildman–Crippen LogP) is 1.98. The molecular weight excluding hydrogens is 202 g/mol. The molecule has 94 valence electrons. The van der Waals surface area contributed by atoms with Crippen molar-refractivity contribution in [3.8, 4) is 0 Å². The number of hydrogen-bond donors (Lipinski definition) is 1. The van der Waals surface area contributed by atoms with Crippen LogP contribution in [0.2, 0.25) is 0 Å². The second kappa shape index (κ2) is 7.80. The minimum Gasteiger partial charge on any atom is -0.396 e. The Hall–Kier alpha value is -0.410. The molecule has 0 heterocycles. The van der Waals surface area contributed by atoms with Crippen LogP contribution in [0.5, 0.6) is 0 Å². The molecule has 0 aliphatic heterocycles. The quantitative estimate of drug-likeness (QED) is 0.676. The zero-order valence-corrected chi connectivity index (χ0v) is 10.5. The van der Waals surface area contributed by atoms with Crippen LogP contribution in [0, 0.1) is 0 Å². The van der Waals surface area contributed by atoms with Gasteiger partial charge in [0.05, 0.1) is 0 Å². The topological polar surface area (TPSA) is 40.5 Å². The number of aliphatic hydroxyl groups excluding tert-OH is 1. The van der Waals surface area contributed by atoms with Crippen molar-refractivity contribution in [3.05, 3.63) is 0 Å². The molecule has 0 atom stereocenters. The third kappa shape index (κ3) is 5.08. The van der Waals surface area contributed by atoms with Crippen molar-refractivity contribution in [2.75, 3.05) is 20.2 Å². The number of aliphatic hydroxyl groups is 1. The lowest BCUT2D eigenvalue weighted by Gasteiger charge is -2.30. The maximum atomic E-state index is 11.1. The largest absolute Gasteiger partial charge is 0.396 e. The molecule has 0 amide bonds. The summed E-state index contributed by atoms with van der Waals surface area (Å²) < 4.78 is 0. The molecule has 1 N–H and O–H groups in total. The number of carbonyl (C=O) groups is 1. The number of unbranched alkanes of at least 4 members (excludes halogenated alkanes) is 3. The number of hydrogen-bond acceptors (Lipinski definition) is 3. The van der Waals surface area contributed by atoms with Crippen molar-refractivity contribution in [2.24, 2.45) is 0 Å². The normalized spacial score (nSPS) is 18.3. The highest BCUT2D eigenvalue weighted by Gasteiger charge is 2.21. The molecule has 1 rings (SSSR count). The fourth-order valence-electron chi connectivity index (χ4n) is 2.37. The molecular formula is C13H25NO2. The van der Waals surface area contributed by atoms with Gasteiger partial charge in [0.25, 0.3) is 0 Å². The van der Waals surface area contributed by atoms with Gasteiger partial charge in [0.2, 0.25) is 0 Å². The van der Waals surface area contributed by atoms with E-state index in [9.17, 15) is 4.79 Å². The standard InChI is InChI=1S/C13H25NO2/c1-14(10-4-2-3-5-11-15)12-6-8-13(16)9-7-12/h12,15H,2-11H2,1H3. The molecule has 1 aliphatic rings. The third-order valence-corrected chi connectivity index (χ3v) is 3.56. The Labute approximate surface area is 98.8 Å². The Kier molecular flexibility index (Phi) is 6.65. The Bertz CT molecular complexity index is 196. The van der Waals surface area contributed by atoms with E-state index in [-0.39, 0.29) is 0 Å². The summed E-state index contributed by atoms with van der Waals surface area (Å²) in [5.41, 5.74) is 0. The highest BCUT2D eigenvalue weighted by Crippen LogP contribution is 2.19. The number of rotatable bonds is 7. The summed E-state index contributed by atoms with van der Waals surface area (Å²) in [6, 6.07) is 0.621. The van der Waals surface area contributed by atoms with Gasteiger partial charge in [-0.3, -0.25) is 4.79 Å². The van der Waals surface area contributed by atoms with Gasteiger partial charge < -0.3 is 10.0 Å². The van der Waals surface area contributed by atoms with Crippen LogP contribution in [-0.2, 0) is 4.79 Å². The molecule has 0 unspecified atom stereocenters. The number of Topliss-reactive ketones (excluding diaryl/α,β-unsaturated/α-hetero) is 1. The second-order valence-electron chi connectivity index (χ2n) is 4.89. The zero-order chi connectivity index (χ0) is 11.8. The van der Waals surface area contributed by atoms with Gasteiger partial charge >= 0.3 is 0 Å². The highest BCUT2D eigenvalue weighted by molar-refractivity contribution is 5.79. The lowest BCUT2D eigenvalue weighted by molar-refractivity contribution is -0.121. The fraction of sp³-hybridized carbons (Fsp3) is 0.923. The average Bonchev–Trinajstić information content (AvgIpc) is 2.29. The summed E-state index contributed by atoms with van der Waals surface area (Å²) in [6.45, 7) is 1.45. The lowest BCUT2D eigenvalue weighted by atomic mass is 9.93. The molecule has 0 radical (unpaired) electrons. The van der Waals surface area contributed by atoms with Gasteiger partial charge in [-0.15, -0.1) is 0 Å². The van der Waals surface area contributed by atoms with Gasteiger partial charge in [0.1, 0.15) is 5.78 Å². The van der Waals surface area contributed by atoms with Crippen molar-refractivity contribution >= 4 is 5.78 Å². The number of ketones is 1. The monoisotopic (exact) mass is 227 g/mol. The Balaban J connectivity index is 2.05. The van der Waals surface area contributed by atoms with Crippen LogP contribution in [0.1, 0.15) is 51.4 Å². The van der Waals surface area contributed by atoms with E-state index in [0.717, 1.165) is 45.1 Å². The number of carbonyl (C=O) groups excluding carboxylic acids is 1. The first-order chi connectivity index (χ1) is 7.74. The van der Waals surface area contributed by atoms with E-state index in [0.29, 0.717) is 18.4 Å². The fourth-order valence-corrected chi connectivity index (χ4v) is 2.37. The van der Waals surface area contributed by atoms with E-state index in [1.165, 1.54) is 12.8 Å². The summed E-state index contributed by atoms with van der Waals surface area (Å²) >= 11 is 0. The molecule has 0 aromatic rings. The van der Waals surface area contributed by atoms with Crippen LogP contribution in [0.15, 0.2) is 0 Å². The van der Waals surface area contributed by atoms with Crippen LogP contribution in [0.4, 0.5) is 0 Å². The molecule has 1 saturated carbocycles. The van der Waals surface area contributed by atoms with Crippen molar-refractivity contribution < 1.29 is 9.90 Å². The third-order valence-electron chi connectivity index (χ3n) is 3.56. The maximum absolute atomic E-state index is 11.1. The lowest BCUT2D eigenvalue weighted by Crippen LogP contribution is -2.35. The average molecular weight is 227 g/mol. The Morgan fingerprint density at radius 2 is 1.81 bits per heavy atom. The van der Waals surface area contributed by atoms with E-state index in [1.54, 1.807) is 0 Å². The Morgan fingerprint density at radius 1 is 1.19 bits per heavy atom. The van der Waals surface area contributed by atoms with E-state index < -0.39 is 0 Å². The molecule has 3 nitrogen and oxygen atoms in total. The van der Waals surface area contributed by atoms with E-state index in [2.05, 4.69) is 11.9 Å². The van der Waals surface area contributed by atoms with Gasteiger partial charge in [-0.25, -0.2) is 0 Å². The first-order valence-electron chi connectivity index (χ1n) is 6.57. The van der Waals surface area contributed by atoms with Crippen LogP contribution >= 0.6 is 0 Å². The summed E-state index contributed by atoms with van der Waals surface area (Å²) in [6.07, 6.45) is 8.13. The van der Waals surface area contributed by atoms with Crippen molar-refractivity contribution in [2.45, 2.75) is 57.4 Å². The molecule has 0 aromatic heterocycles. The summed E-state index contributed by atoms with van der Waals surface area (Å²) in [5, 5.41) is 8.66. The molecule has 0 bridgehead atoms. The molecule has 0 saturated heterocycles. The Morgan fingerprint density at radius 3 is 2.44 bits per heavy atom. The second-order valence-corrected chi connectivity index (χ2v) is 4.89. The van der Waals surface area contributed by atoms with Crippen LogP contribution < -0.4 is 0 Å². The van der Waals surface area contributed by atoms with E-state index in [4.69, 9.17) is 5.11 Å². The molecule has 1 aliphatic carbocycles. The first kappa shape index (κ1) is 13.7. The van der Waals surface area contributed by atoms with E-state index >= 15 is 0 Å². The number of nitrogens with zero attached hydrogens (tertiary/aromatic N) is 1. The van der Waals surface area contributed by atoms with Crippen molar-refractivity contribution in [1.82, 2.24) is 4.90 Å². The molecule has 0 aromatic carbocycles. The maximum Gasteiger partial charge on any atom is 0.133 e. The van der Waals surface area contributed by atoms with Gasteiger partial charge in [0, 0.05) is 25.5 Å². The molecule has 1 fully saturated rings. The molecule has 16 heavy (non-hydrogen) atoms. The first-order valence-corrected chi connectivity index (χ1v) is 6.57. The van der Waals surface area contributed by atoms with Gasteiger partial charge in [-0.1, -0.05) is 12.8 Å². The van der Waals surface area contributed by atoms with Gasteiger partial charge in [-0.2, -0.15) is 0 Å². The SMILES string of the molecule is CN(CCCCCCO)C1CCC(=O)CC1. The smallest absolute Gasteiger partial charge is 0.133 e. The minimum absolute atomic E-state index is 0.320. The minimum atomic E-state index is 0.320. The highest BCUT2D eigenvalue weighted by atomic mass is 16.2. The van der Waals surface area contributed by atoms with Gasteiger partial charge in [-0.05, 0) is 39.3 Å². The molecule has 0 spiro atoms. The summed E-state index contributed by atoms with van der Waals surface area (Å²) in [5.74, 6) is 0.438.